The molecule has 7 aliphatic rings. The molecule has 5 aromatic carbocycles. The Bertz CT molecular complexity index is 4190. The van der Waals surface area contributed by atoms with E-state index in [2.05, 4.69) is 44.1 Å². The Kier molecular flexibility index (Phi) is 27.3. The molecule has 0 saturated carbocycles. The number of fused-ring (bicyclic) bond motifs is 15. The molecule has 7 aliphatic heterocycles. The molecule has 109 heavy (non-hydrogen) atoms. The third kappa shape index (κ3) is 19.7. The Hall–Kier alpha value is -9.09. The van der Waals surface area contributed by atoms with Crippen LogP contribution in [0.1, 0.15) is 163 Å². The Balaban J connectivity index is 1.20. The number of hydrogen-bond acceptors (Lipinski definition) is 23. The fourth-order valence-electron chi connectivity index (χ4n) is 13.8. The lowest BCUT2D eigenvalue weighted by molar-refractivity contribution is -0.333. The zero-order valence-electron chi connectivity index (χ0n) is 60.7. The standard InChI is InChI=1S/C76H93Cl2N9O22/c1-7-8-9-10-11-12-13-21-54(89)103-34-52-63(92)64(93)66(108-55-33-76(5,80)67(94)36(4)104-55)75(107-52)109-65-50-30-41-31-51(65)106-49-25-23-40(29-45(49)78)62(91)60-73(100)85-58(74(101)102)43-20-15-14-19-42(43)37-17-16-18-38(27-37)56(70(97)87-60)84-71(98)57(41)83-69(96)47(32-53(79)88)82-72(99)59(86-68(95)46(81-6)26-35(2)3)61(90)39-22-24-48(105-50)44(77)28-39/h14-20,22-25,27-31,35-36,46-47,52,55-64,66-67,75,81,90-94H,7-13,21,26,32-34,80H2,1-6H3,(H2,79,88)(H,82,99)(H,83,96)(H,84,98)(H,85,100)(H,86,95)(H,87,97)(H,101,102)/t36-,46+,47-,52+,55-,56+,57+,58-,59+,60-,61+,62+,63+,64-,66+,67+,75-,76-/m0/s1. The Morgan fingerprint density at radius 2 is 1.31 bits per heavy atom. The third-order valence-electron chi connectivity index (χ3n) is 19.7. The number of nitrogens with two attached hydrogens (primary N) is 2. The average molecular weight is 1560 g/mol. The Morgan fingerprint density at radius 1 is 0.688 bits per heavy atom. The molecule has 7 heterocycles. The number of hydrogen-bond donors (Lipinski definition) is 15. The van der Waals surface area contributed by atoms with Gasteiger partial charge in [0.05, 0.1) is 34.7 Å². The molecule has 0 aliphatic carbocycles. The van der Waals surface area contributed by atoms with Gasteiger partial charge in [0.2, 0.25) is 53.4 Å². The largest absolute Gasteiger partial charge is 0.479 e. The molecule has 0 aromatic heterocycles. The topological polar surface area (TPSA) is 476 Å². The van der Waals surface area contributed by atoms with Crippen molar-refractivity contribution in [3.63, 3.8) is 0 Å². The van der Waals surface area contributed by atoms with E-state index in [-0.39, 0.29) is 85.7 Å². The molecule has 11 bridgehead atoms. The Morgan fingerprint density at radius 3 is 1.94 bits per heavy atom. The van der Waals surface area contributed by atoms with Gasteiger partial charge in [-0.2, -0.15) is 0 Å². The number of halogens is 2. The van der Waals surface area contributed by atoms with Crippen molar-refractivity contribution in [1.82, 2.24) is 37.2 Å². The number of carboxylic acids is 1. The molecule has 0 spiro atoms. The highest BCUT2D eigenvalue weighted by Crippen LogP contribution is 2.49. The summed E-state index contributed by atoms with van der Waals surface area (Å²) in [5, 5.41) is 88.5. The number of unbranched alkanes of at least 4 members (excludes halogenated alkanes) is 6. The quantitative estimate of drug-likeness (QED) is 0.0330. The number of ether oxygens (including phenoxy) is 7. The van der Waals surface area contributed by atoms with Crippen molar-refractivity contribution in [2.75, 3.05) is 13.7 Å². The number of carboxylic acid groups (broad SMARTS) is 1. The molecule has 31 nitrogen and oxygen atoms in total. The maximum Gasteiger partial charge on any atom is 0.330 e. The number of rotatable bonds is 22. The highest BCUT2D eigenvalue weighted by molar-refractivity contribution is 6.32. The summed E-state index contributed by atoms with van der Waals surface area (Å²) < 4.78 is 45.2. The monoisotopic (exact) mass is 1550 g/mol. The van der Waals surface area contributed by atoms with Crippen molar-refractivity contribution in [1.29, 1.82) is 0 Å². The van der Waals surface area contributed by atoms with Crippen LogP contribution in [0.15, 0.2) is 97.1 Å². The highest BCUT2D eigenvalue weighted by Gasteiger charge is 2.52. The van der Waals surface area contributed by atoms with Gasteiger partial charge in [-0.3, -0.25) is 38.4 Å². The van der Waals surface area contributed by atoms with E-state index in [1.807, 2.05) is 13.8 Å². The zero-order valence-corrected chi connectivity index (χ0v) is 62.3. The van der Waals surface area contributed by atoms with E-state index >= 15 is 14.4 Å². The molecule has 18 atom stereocenters. The molecule has 33 heteroatoms. The van der Waals surface area contributed by atoms with Crippen molar-refractivity contribution in [3.05, 3.63) is 135 Å². The van der Waals surface area contributed by atoms with Crippen molar-refractivity contribution < 1.29 is 107 Å². The van der Waals surface area contributed by atoms with E-state index in [1.54, 1.807) is 18.2 Å². The molecule has 17 N–H and O–H groups in total. The first kappa shape index (κ1) is 82.4. The number of amides is 7. The molecule has 12 rings (SSSR count). The van der Waals surface area contributed by atoms with Gasteiger partial charge >= 0.3 is 11.9 Å². The van der Waals surface area contributed by atoms with Crippen molar-refractivity contribution in [2.45, 2.75) is 214 Å². The smallest absolute Gasteiger partial charge is 0.330 e. The van der Waals surface area contributed by atoms with Crippen LogP contribution in [0.2, 0.25) is 10.0 Å². The lowest BCUT2D eigenvalue weighted by atomic mass is 9.86. The van der Waals surface area contributed by atoms with E-state index in [4.69, 9.17) is 67.8 Å². The average Bonchev–Trinajstić information content (AvgIpc) is 0.768. The van der Waals surface area contributed by atoms with Gasteiger partial charge in [0.15, 0.2) is 29.9 Å². The summed E-state index contributed by atoms with van der Waals surface area (Å²) in [5.41, 5.74) is 10.9. The maximum absolute atomic E-state index is 16.2. The summed E-state index contributed by atoms with van der Waals surface area (Å²) in [7, 11) is 1.50. The maximum atomic E-state index is 16.2. The predicted octanol–water partition coefficient (Wildman–Crippen LogP) is 4.68. The fourth-order valence-corrected chi connectivity index (χ4v) is 14.2. The van der Waals surface area contributed by atoms with Gasteiger partial charge in [0, 0.05) is 18.4 Å². The van der Waals surface area contributed by atoms with Crippen LogP contribution < -0.4 is 62.9 Å². The number of aliphatic carboxylic acids is 1. The minimum atomic E-state index is -2.24. The van der Waals surface area contributed by atoms with E-state index in [0.717, 1.165) is 56.7 Å². The molecule has 0 unspecified atom stereocenters. The summed E-state index contributed by atoms with van der Waals surface area (Å²) in [4.78, 5) is 131. The molecule has 2 fully saturated rings. The van der Waals surface area contributed by atoms with Crippen LogP contribution in [-0.2, 0) is 62.1 Å². The molecular formula is C76H93Cl2N9O22. The molecule has 0 radical (unpaired) electrons. The van der Waals surface area contributed by atoms with E-state index in [0.29, 0.717) is 6.42 Å². The molecular weight excluding hydrogens is 1460 g/mol. The second-order valence-corrected chi connectivity index (χ2v) is 29.4. The van der Waals surface area contributed by atoms with Gasteiger partial charge in [-0.05, 0) is 121 Å². The molecule has 588 valence electrons. The summed E-state index contributed by atoms with van der Waals surface area (Å²) in [6.07, 6.45) is -12.0. The third-order valence-corrected chi connectivity index (χ3v) is 20.3. The fraction of sp³-hybridized carbons (Fsp3) is 0.487. The van der Waals surface area contributed by atoms with Crippen LogP contribution in [0.4, 0.5) is 0 Å². The van der Waals surface area contributed by atoms with Crippen molar-refractivity contribution >= 4 is 76.5 Å². The van der Waals surface area contributed by atoms with Crippen LogP contribution in [0.3, 0.4) is 0 Å². The first-order valence-corrected chi connectivity index (χ1v) is 36.9. The van der Waals surface area contributed by atoms with Gasteiger partial charge in [0.25, 0.3) is 0 Å². The number of esters is 1. The molecule has 5 aromatic rings. The normalized spacial score (nSPS) is 28.1. The lowest BCUT2D eigenvalue weighted by Gasteiger charge is -2.47. The van der Waals surface area contributed by atoms with Crippen LogP contribution in [0.25, 0.3) is 11.1 Å². The molecule has 7 amide bonds. The first-order chi connectivity index (χ1) is 51.8. The number of carbonyl (C=O) groups excluding carboxylic acids is 8. The first-order valence-electron chi connectivity index (χ1n) is 36.1. The number of carbonyl (C=O) groups is 9. The van der Waals surface area contributed by atoms with Gasteiger partial charge < -0.3 is 112 Å². The van der Waals surface area contributed by atoms with E-state index in [1.165, 1.54) is 81.6 Å². The summed E-state index contributed by atoms with van der Waals surface area (Å²) in [6, 6.07) is 8.32. The SMILES string of the molecule is CCCCCCCCCC(=O)OC[C@H]1O[C@@H](Oc2c3cc4cc2Oc2ccc(cc2Cl)[C@@H](O)[C@@H](NC(=O)[C@@H](CC(C)C)NC)C(=O)N[C@@H](CC(N)=O)C(=O)N[C@H]4C(=O)N[C@H]2C(=O)N[C@H](C(=O)N[C@H](C(=O)O)c4ccccc4-c4cccc2c4)[C@H](O)c2ccc(c(Cl)c2)O3)[C@H](O[C@H]2C[C@](C)(N)[C@H](O)[C@H](C)O2)[C@@H](O)[C@@H]1O. The van der Waals surface area contributed by atoms with Gasteiger partial charge in [-0.25, -0.2) is 4.79 Å². The number of aliphatic hydroxyl groups is 5. The van der Waals surface area contributed by atoms with Crippen LogP contribution in [0, 0.1) is 5.92 Å². The van der Waals surface area contributed by atoms with Crippen molar-refractivity contribution in [2.24, 2.45) is 17.4 Å². The second kappa shape index (κ2) is 36.2. The minimum Gasteiger partial charge on any atom is -0.479 e. The highest BCUT2D eigenvalue weighted by atomic mass is 35.5. The number of primary amides is 1. The predicted molar refractivity (Wildman–Crippen MR) is 391 cm³/mol. The minimum absolute atomic E-state index is 0.00373. The van der Waals surface area contributed by atoms with Gasteiger partial charge in [0.1, 0.15) is 78.8 Å². The Labute approximate surface area is 638 Å². The summed E-state index contributed by atoms with van der Waals surface area (Å²) in [5.74, 6) is -13.0. The number of aliphatic hydroxyl groups excluding tert-OH is 5. The lowest BCUT2D eigenvalue weighted by Crippen LogP contribution is -2.64. The second-order valence-electron chi connectivity index (χ2n) is 28.6. The van der Waals surface area contributed by atoms with Crippen LogP contribution in [0.5, 0.6) is 28.7 Å². The van der Waals surface area contributed by atoms with E-state index in [9.17, 15) is 59.4 Å². The summed E-state index contributed by atoms with van der Waals surface area (Å²) >= 11 is 14.3. The number of benzene rings is 5. The molecule has 2 saturated heterocycles. The number of nitrogens with one attached hydrogen (secondary N) is 7. The number of likely N-dealkylation sites (N-methyl/N-ethyl adjacent to an activating group) is 1. The van der Waals surface area contributed by atoms with E-state index < -0.39 is 193 Å². The van der Waals surface area contributed by atoms with Crippen LogP contribution in [-0.4, -0.2) is 176 Å². The van der Waals surface area contributed by atoms with Gasteiger partial charge in [-0.1, -0.05) is 137 Å². The zero-order chi connectivity index (χ0) is 78.9. The van der Waals surface area contributed by atoms with Gasteiger partial charge in [-0.15, -0.1) is 0 Å². The van der Waals surface area contributed by atoms with Crippen LogP contribution >= 0.6 is 23.2 Å². The summed E-state index contributed by atoms with van der Waals surface area (Å²) in [6.45, 7) is 8.17. The van der Waals surface area contributed by atoms with Crippen molar-refractivity contribution in [3.8, 4) is 39.9 Å².